The van der Waals surface area contributed by atoms with Gasteiger partial charge in [0.15, 0.2) is 17.5 Å². The van der Waals surface area contributed by atoms with E-state index in [0.29, 0.717) is 11.5 Å². The second-order valence-corrected chi connectivity index (χ2v) is 3.28. The summed E-state index contributed by atoms with van der Waals surface area (Å²) in [5.41, 5.74) is 3.13. The van der Waals surface area contributed by atoms with Gasteiger partial charge in [-0.2, -0.15) is 5.10 Å². The Bertz CT molecular complexity index is 521. The Kier molecular flexibility index (Phi) is 2.53. The minimum Gasteiger partial charge on any atom is -0.306 e. The first-order valence-electron chi connectivity index (χ1n) is 4.62. The smallest absolute Gasteiger partial charge is 0.187 e. The van der Waals surface area contributed by atoms with Gasteiger partial charge in [-0.05, 0) is 13.0 Å². The van der Waals surface area contributed by atoms with Crippen molar-refractivity contribution in [3.05, 3.63) is 23.8 Å². The standard InChI is InChI=1S/C9H11FN6/c1-5-7(10)9(15-11)14-8(13-5)6-3-4-12-16(6)2/h3-4H,11H2,1-2H3,(H,13,14,15). The second-order valence-electron chi connectivity index (χ2n) is 3.28. The van der Waals surface area contributed by atoms with E-state index in [4.69, 9.17) is 5.84 Å². The van der Waals surface area contributed by atoms with Crippen LogP contribution in [-0.2, 0) is 7.05 Å². The maximum absolute atomic E-state index is 13.4. The van der Waals surface area contributed by atoms with Crippen molar-refractivity contribution in [2.45, 2.75) is 6.92 Å². The molecule has 0 aromatic carbocycles. The molecule has 16 heavy (non-hydrogen) atoms. The van der Waals surface area contributed by atoms with Gasteiger partial charge in [0.05, 0.1) is 5.69 Å². The van der Waals surface area contributed by atoms with Crippen LogP contribution >= 0.6 is 0 Å². The quantitative estimate of drug-likeness (QED) is 0.574. The fraction of sp³-hybridized carbons (Fsp3) is 0.222. The molecule has 2 aromatic heterocycles. The summed E-state index contributed by atoms with van der Waals surface area (Å²) in [6.07, 6.45) is 1.62. The highest BCUT2D eigenvalue weighted by atomic mass is 19.1. The van der Waals surface area contributed by atoms with E-state index in [2.05, 4.69) is 20.5 Å². The summed E-state index contributed by atoms with van der Waals surface area (Å²) in [7, 11) is 1.76. The lowest BCUT2D eigenvalue weighted by atomic mass is 10.3. The minimum atomic E-state index is -0.548. The van der Waals surface area contributed by atoms with Gasteiger partial charge in [-0.1, -0.05) is 0 Å². The van der Waals surface area contributed by atoms with Crippen molar-refractivity contribution in [3.63, 3.8) is 0 Å². The summed E-state index contributed by atoms with van der Waals surface area (Å²) in [4.78, 5) is 8.01. The molecule has 0 unspecified atom stereocenters. The lowest BCUT2D eigenvalue weighted by Crippen LogP contribution is -2.13. The number of hydrogen-bond donors (Lipinski definition) is 2. The summed E-state index contributed by atoms with van der Waals surface area (Å²) in [6.45, 7) is 1.55. The Hall–Kier alpha value is -2.02. The molecule has 0 amide bonds. The van der Waals surface area contributed by atoms with Crippen LogP contribution < -0.4 is 11.3 Å². The van der Waals surface area contributed by atoms with E-state index in [1.807, 2.05) is 0 Å². The van der Waals surface area contributed by atoms with Crippen LogP contribution in [0.15, 0.2) is 12.3 Å². The van der Waals surface area contributed by atoms with Crippen LogP contribution in [-0.4, -0.2) is 19.7 Å². The summed E-state index contributed by atoms with van der Waals surface area (Å²) in [5, 5.41) is 3.99. The van der Waals surface area contributed by atoms with Crippen molar-refractivity contribution in [1.29, 1.82) is 0 Å². The molecule has 84 valence electrons. The van der Waals surface area contributed by atoms with Gasteiger partial charge in [-0.15, -0.1) is 0 Å². The van der Waals surface area contributed by atoms with E-state index in [1.54, 1.807) is 30.9 Å². The molecule has 0 saturated carbocycles. The van der Waals surface area contributed by atoms with Crippen molar-refractivity contribution in [3.8, 4) is 11.5 Å². The van der Waals surface area contributed by atoms with Gasteiger partial charge in [-0.3, -0.25) is 4.68 Å². The summed E-state index contributed by atoms with van der Waals surface area (Å²) in [5.74, 6) is 4.99. The molecule has 6 nitrogen and oxygen atoms in total. The fourth-order valence-electron chi connectivity index (χ4n) is 1.36. The highest BCUT2D eigenvalue weighted by Gasteiger charge is 2.13. The normalized spacial score (nSPS) is 10.5. The SMILES string of the molecule is Cc1nc(-c2ccnn2C)nc(NN)c1F. The van der Waals surface area contributed by atoms with Crippen LogP contribution in [0, 0.1) is 12.7 Å². The van der Waals surface area contributed by atoms with Gasteiger partial charge in [0, 0.05) is 13.2 Å². The van der Waals surface area contributed by atoms with Gasteiger partial charge in [0.25, 0.3) is 0 Å². The molecule has 0 spiro atoms. The number of nitrogens with one attached hydrogen (secondary N) is 1. The number of aryl methyl sites for hydroxylation is 2. The third kappa shape index (κ3) is 1.61. The number of anilines is 1. The van der Waals surface area contributed by atoms with Gasteiger partial charge < -0.3 is 5.43 Å². The number of aromatic nitrogens is 4. The third-order valence-electron chi connectivity index (χ3n) is 2.20. The monoisotopic (exact) mass is 222 g/mol. The molecule has 0 bridgehead atoms. The number of nitrogen functional groups attached to an aromatic ring is 1. The Balaban J connectivity index is 2.59. The van der Waals surface area contributed by atoms with Crippen molar-refractivity contribution < 1.29 is 4.39 Å². The molecule has 0 atom stereocenters. The summed E-state index contributed by atoms with van der Waals surface area (Å²) >= 11 is 0. The van der Waals surface area contributed by atoms with Gasteiger partial charge in [-0.25, -0.2) is 20.2 Å². The van der Waals surface area contributed by atoms with Crippen LogP contribution in [0.2, 0.25) is 0 Å². The molecule has 7 heteroatoms. The molecule has 0 aliphatic carbocycles. The Morgan fingerprint density at radius 2 is 2.19 bits per heavy atom. The van der Waals surface area contributed by atoms with Crippen molar-refractivity contribution in [1.82, 2.24) is 19.7 Å². The first-order valence-corrected chi connectivity index (χ1v) is 4.62. The van der Waals surface area contributed by atoms with Crippen molar-refractivity contribution in [2.24, 2.45) is 12.9 Å². The average Bonchev–Trinajstić information content (AvgIpc) is 2.68. The van der Waals surface area contributed by atoms with Crippen LogP contribution in [0.5, 0.6) is 0 Å². The van der Waals surface area contributed by atoms with E-state index in [9.17, 15) is 4.39 Å². The molecule has 0 radical (unpaired) electrons. The molecular weight excluding hydrogens is 211 g/mol. The Morgan fingerprint density at radius 3 is 2.75 bits per heavy atom. The lowest BCUT2D eigenvalue weighted by Gasteiger charge is -2.07. The van der Waals surface area contributed by atoms with Gasteiger partial charge >= 0.3 is 0 Å². The highest BCUT2D eigenvalue weighted by Crippen LogP contribution is 2.19. The van der Waals surface area contributed by atoms with Crippen LogP contribution in [0.4, 0.5) is 10.2 Å². The second kappa shape index (κ2) is 3.86. The first kappa shape index (κ1) is 10.5. The lowest BCUT2D eigenvalue weighted by molar-refractivity contribution is 0.605. The molecule has 0 aliphatic rings. The number of nitrogens with two attached hydrogens (primary N) is 1. The predicted octanol–water partition coefficient (Wildman–Crippen LogP) is 0.610. The summed E-state index contributed by atoms with van der Waals surface area (Å²) in [6, 6.07) is 1.74. The highest BCUT2D eigenvalue weighted by molar-refractivity contribution is 5.53. The minimum absolute atomic E-state index is 0.0244. The largest absolute Gasteiger partial charge is 0.306 e. The number of halogens is 1. The van der Waals surface area contributed by atoms with Crippen LogP contribution in [0.25, 0.3) is 11.5 Å². The molecule has 3 N–H and O–H groups in total. The summed E-state index contributed by atoms with van der Waals surface area (Å²) < 4.78 is 15.0. The topological polar surface area (TPSA) is 81.7 Å². The van der Waals surface area contributed by atoms with Crippen LogP contribution in [0.1, 0.15) is 5.69 Å². The van der Waals surface area contributed by atoms with Crippen molar-refractivity contribution in [2.75, 3.05) is 5.43 Å². The Morgan fingerprint density at radius 1 is 1.44 bits per heavy atom. The van der Waals surface area contributed by atoms with E-state index in [1.165, 1.54) is 0 Å². The number of hydrazine groups is 1. The van der Waals surface area contributed by atoms with Gasteiger partial charge in [0.2, 0.25) is 0 Å². The zero-order valence-electron chi connectivity index (χ0n) is 8.90. The number of nitrogens with zero attached hydrogens (tertiary/aromatic N) is 4. The average molecular weight is 222 g/mol. The van der Waals surface area contributed by atoms with E-state index in [-0.39, 0.29) is 11.5 Å². The van der Waals surface area contributed by atoms with Crippen LogP contribution in [0.3, 0.4) is 0 Å². The number of rotatable bonds is 2. The van der Waals surface area contributed by atoms with Crippen molar-refractivity contribution >= 4 is 5.82 Å². The van der Waals surface area contributed by atoms with E-state index in [0.717, 1.165) is 0 Å². The molecule has 2 aromatic rings. The van der Waals surface area contributed by atoms with E-state index < -0.39 is 5.82 Å². The predicted molar refractivity (Wildman–Crippen MR) is 56.7 cm³/mol. The maximum Gasteiger partial charge on any atom is 0.187 e. The molecule has 0 fully saturated rings. The molecule has 2 rings (SSSR count). The maximum atomic E-state index is 13.4. The van der Waals surface area contributed by atoms with Gasteiger partial charge in [0.1, 0.15) is 5.69 Å². The zero-order chi connectivity index (χ0) is 11.7. The van der Waals surface area contributed by atoms with E-state index >= 15 is 0 Å². The first-order chi connectivity index (χ1) is 7.63. The fourth-order valence-corrected chi connectivity index (χ4v) is 1.36. The number of hydrogen-bond acceptors (Lipinski definition) is 5. The molecule has 0 saturated heterocycles. The Labute approximate surface area is 91.3 Å². The molecule has 2 heterocycles. The zero-order valence-corrected chi connectivity index (χ0v) is 8.90. The molecule has 0 aliphatic heterocycles. The molecular formula is C9H11FN6. The third-order valence-corrected chi connectivity index (χ3v) is 2.20.